The van der Waals surface area contributed by atoms with Crippen molar-refractivity contribution in [2.24, 2.45) is 0 Å². The van der Waals surface area contributed by atoms with Gasteiger partial charge in [-0.2, -0.15) is 0 Å². The first-order valence-electron chi connectivity index (χ1n) is 4.29. The Morgan fingerprint density at radius 2 is 2.08 bits per heavy atom. The number of hydrogen-bond acceptors (Lipinski definition) is 1. The second-order valence-corrected chi connectivity index (χ2v) is 3.32. The monoisotopic (exact) mass is 202 g/mol. The molecule has 0 bridgehead atoms. The second-order valence-electron chi connectivity index (χ2n) is 2.92. The van der Waals surface area contributed by atoms with E-state index in [1.807, 2.05) is 0 Å². The first-order valence-corrected chi connectivity index (χ1v) is 4.66. The zero-order valence-corrected chi connectivity index (χ0v) is 8.02. The Labute approximate surface area is 82.2 Å². The average molecular weight is 203 g/mol. The van der Waals surface area contributed by atoms with Crippen molar-refractivity contribution in [3.8, 4) is 0 Å². The van der Waals surface area contributed by atoms with Crippen LogP contribution in [0.1, 0.15) is 18.4 Å². The third kappa shape index (κ3) is 3.33. The topological polar surface area (TPSA) is 20.2 Å². The van der Waals surface area contributed by atoms with E-state index in [-0.39, 0.29) is 12.4 Å². The molecular weight excluding hydrogens is 191 g/mol. The van der Waals surface area contributed by atoms with Crippen LogP contribution in [0.5, 0.6) is 0 Å². The van der Waals surface area contributed by atoms with Crippen LogP contribution in [-0.4, -0.2) is 11.7 Å². The van der Waals surface area contributed by atoms with Gasteiger partial charge in [-0.25, -0.2) is 4.39 Å². The number of aryl methyl sites for hydroxylation is 1. The number of aliphatic hydroxyl groups is 1. The van der Waals surface area contributed by atoms with Crippen molar-refractivity contribution in [1.82, 2.24) is 0 Å². The van der Waals surface area contributed by atoms with Gasteiger partial charge in [-0.05, 0) is 37.0 Å². The number of rotatable bonds is 4. The molecule has 0 saturated carbocycles. The Morgan fingerprint density at radius 3 is 2.69 bits per heavy atom. The van der Waals surface area contributed by atoms with Gasteiger partial charge in [-0.1, -0.05) is 17.7 Å². The van der Waals surface area contributed by atoms with Crippen molar-refractivity contribution in [1.29, 1.82) is 0 Å². The highest BCUT2D eigenvalue weighted by molar-refractivity contribution is 6.31. The maximum Gasteiger partial charge on any atom is 0.124 e. The van der Waals surface area contributed by atoms with Crippen LogP contribution in [0.2, 0.25) is 5.02 Å². The molecule has 0 fully saturated rings. The number of halogens is 2. The molecule has 0 amide bonds. The summed E-state index contributed by atoms with van der Waals surface area (Å²) < 4.78 is 12.6. The molecule has 0 saturated heterocycles. The molecule has 3 heteroatoms. The summed E-state index contributed by atoms with van der Waals surface area (Å²) >= 11 is 5.81. The molecule has 13 heavy (non-hydrogen) atoms. The summed E-state index contributed by atoms with van der Waals surface area (Å²) in [4.78, 5) is 0. The number of aliphatic hydroxyl groups excluding tert-OH is 1. The summed E-state index contributed by atoms with van der Waals surface area (Å²) in [5.74, 6) is -0.309. The van der Waals surface area contributed by atoms with E-state index in [9.17, 15) is 4.39 Å². The normalized spacial score (nSPS) is 10.4. The molecule has 0 unspecified atom stereocenters. The molecule has 0 atom stereocenters. The van der Waals surface area contributed by atoms with Gasteiger partial charge in [0.05, 0.1) is 0 Å². The van der Waals surface area contributed by atoms with E-state index in [1.54, 1.807) is 6.07 Å². The van der Waals surface area contributed by atoms with E-state index in [4.69, 9.17) is 16.7 Å². The van der Waals surface area contributed by atoms with Crippen molar-refractivity contribution < 1.29 is 9.50 Å². The molecule has 1 nitrogen and oxygen atoms in total. The first-order chi connectivity index (χ1) is 6.24. The van der Waals surface area contributed by atoms with Gasteiger partial charge in [0, 0.05) is 11.6 Å². The lowest BCUT2D eigenvalue weighted by Gasteiger charge is -2.02. The van der Waals surface area contributed by atoms with Gasteiger partial charge in [0.25, 0.3) is 0 Å². The minimum Gasteiger partial charge on any atom is -0.396 e. The van der Waals surface area contributed by atoms with E-state index in [2.05, 4.69) is 0 Å². The Morgan fingerprint density at radius 1 is 1.31 bits per heavy atom. The molecule has 0 aromatic heterocycles. The maximum atomic E-state index is 12.6. The molecule has 0 spiro atoms. The van der Waals surface area contributed by atoms with Gasteiger partial charge in [-0.15, -0.1) is 0 Å². The van der Waals surface area contributed by atoms with E-state index >= 15 is 0 Å². The van der Waals surface area contributed by atoms with Crippen LogP contribution in [0.15, 0.2) is 18.2 Å². The smallest absolute Gasteiger partial charge is 0.124 e. The van der Waals surface area contributed by atoms with Crippen molar-refractivity contribution in [2.45, 2.75) is 19.3 Å². The van der Waals surface area contributed by atoms with Crippen molar-refractivity contribution in [3.05, 3.63) is 34.6 Å². The zero-order chi connectivity index (χ0) is 9.68. The highest BCUT2D eigenvalue weighted by Crippen LogP contribution is 2.18. The van der Waals surface area contributed by atoms with Crippen molar-refractivity contribution in [3.63, 3.8) is 0 Å². The second kappa shape index (κ2) is 5.20. The molecule has 0 aliphatic heterocycles. The maximum absolute atomic E-state index is 12.6. The Balaban J connectivity index is 2.56. The van der Waals surface area contributed by atoms with Crippen molar-refractivity contribution in [2.75, 3.05) is 6.61 Å². The summed E-state index contributed by atoms with van der Waals surface area (Å²) in [6.45, 7) is 0.193. The largest absolute Gasteiger partial charge is 0.396 e. The molecule has 0 heterocycles. The quantitative estimate of drug-likeness (QED) is 0.745. The third-order valence-electron chi connectivity index (χ3n) is 1.87. The fraction of sp³-hybridized carbons (Fsp3) is 0.400. The Kier molecular flexibility index (Phi) is 4.19. The van der Waals surface area contributed by atoms with Crippen molar-refractivity contribution >= 4 is 11.6 Å². The van der Waals surface area contributed by atoms with Gasteiger partial charge >= 0.3 is 0 Å². The van der Waals surface area contributed by atoms with Crippen LogP contribution < -0.4 is 0 Å². The fourth-order valence-electron chi connectivity index (χ4n) is 1.15. The van der Waals surface area contributed by atoms with Crippen LogP contribution >= 0.6 is 11.6 Å². The molecular formula is C10H12ClFO. The zero-order valence-electron chi connectivity index (χ0n) is 7.26. The van der Waals surface area contributed by atoms with E-state index in [0.717, 1.165) is 24.8 Å². The third-order valence-corrected chi connectivity index (χ3v) is 2.22. The summed E-state index contributed by atoms with van der Waals surface area (Å²) in [6, 6.07) is 4.41. The average Bonchev–Trinajstić information content (AvgIpc) is 2.09. The lowest BCUT2D eigenvalue weighted by molar-refractivity contribution is 0.284. The summed E-state index contributed by atoms with van der Waals surface area (Å²) in [7, 11) is 0. The van der Waals surface area contributed by atoms with Crippen LogP contribution in [0.4, 0.5) is 4.39 Å². The summed E-state index contributed by atoms with van der Waals surface area (Å²) in [5.41, 5.74) is 0.941. The Bertz CT molecular complexity index is 276. The summed E-state index contributed by atoms with van der Waals surface area (Å²) in [6.07, 6.45) is 2.43. The standard InChI is InChI=1S/C10H12ClFO/c11-10-7-9(12)5-4-8(10)3-1-2-6-13/h4-5,7,13H,1-3,6H2. The minimum atomic E-state index is -0.309. The molecule has 0 aliphatic rings. The number of unbranched alkanes of at least 4 members (excludes halogenated alkanes) is 1. The molecule has 1 N–H and O–H groups in total. The molecule has 0 radical (unpaired) electrons. The lowest BCUT2D eigenvalue weighted by atomic mass is 10.1. The predicted molar refractivity (Wildman–Crippen MR) is 51.4 cm³/mol. The highest BCUT2D eigenvalue weighted by Gasteiger charge is 2.00. The van der Waals surface area contributed by atoms with Gasteiger partial charge in [0.1, 0.15) is 5.82 Å². The first kappa shape index (κ1) is 10.5. The van der Waals surface area contributed by atoms with Gasteiger partial charge in [0.15, 0.2) is 0 Å². The molecule has 0 aliphatic carbocycles. The van der Waals surface area contributed by atoms with Gasteiger partial charge in [0.2, 0.25) is 0 Å². The van der Waals surface area contributed by atoms with Crippen LogP contribution in [0.25, 0.3) is 0 Å². The van der Waals surface area contributed by atoms with Gasteiger partial charge < -0.3 is 5.11 Å². The molecule has 1 rings (SSSR count). The predicted octanol–water partition coefficient (Wildman–Crippen LogP) is 2.79. The number of hydrogen-bond donors (Lipinski definition) is 1. The van der Waals surface area contributed by atoms with Gasteiger partial charge in [-0.3, -0.25) is 0 Å². The van der Waals surface area contributed by atoms with E-state index in [0.29, 0.717) is 5.02 Å². The lowest BCUT2D eigenvalue weighted by Crippen LogP contribution is -1.90. The van der Waals surface area contributed by atoms with E-state index < -0.39 is 0 Å². The number of benzene rings is 1. The van der Waals surface area contributed by atoms with Crippen LogP contribution in [-0.2, 0) is 6.42 Å². The van der Waals surface area contributed by atoms with E-state index in [1.165, 1.54) is 12.1 Å². The van der Waals surface area contributed by atoms with Crippen LogP contribution in [0.3, 0.4) is 0 Å². The molecule has 1 aromatic rings. The molecule has 72 valence electrons. The Hall–Kier alpha value is -0.600. The minimum absolute atomic E-state index is 0.193. The highest BCUT2D eigenvalue weighted by atomic mass is 35.5. The fourth-order valence-corrected chi connectivity index (χ4v) is 1.41. The summed E-state index contributed by atoms with van der Waals surface area (Å²) in [5, 5.41) is 9.04. The van der Waals surface area contributed by atoms with Crippen LogP contribution in [0, 0.1) is 5.82 Å². The molecule has 1 aromatic carbocycles. The SMILES string of the molecule is OCCCCc1ccc(F)cc1Cl.